The van der Waals surface area contributed by atoms with Gasteiger partial charge in [-0.1, -0.05) is 0 Å². The van der Waals surface area contributed by atoms with Gasteiger partial charge in [0, 0.05) is 13.1 Å². The van der Waals surface area contributed by atoms with E-state index in [1.54, 1.807) is 0 Å². The lowest BCUT2D eigenvalue weighted by atomic mass is 10.0. The highest BCUT2D eigenvalue weighted by Gasteiger charge is 2.26. The number of unbranched alkanes of at least 4 members (excludes halogenated alkanes) is 1. The molecule has 1 saturated heterocycles. The summed E-state index contributed by atoms with van der Waals surface area (Å²) in [7, 11) is 6.05. The summed E-state index contributed by atoms with van der Waals surface area (Å²) >= 11 is 0. The predicted molar refractivity (Wildman–Crippen MR) is 66.4 cm³/mol. The largest absolute Gasteiger partial charge is 0.341 e. The third-order valence-electron chi connectivity index (χ3n) is 3.16. The number of hydrogen-bond acceptors (Lipinski definition) is 3. The molecule has 1 N–H and O–H groups in total. The van der Waals surface area contributed by atoms with Crippen LogP contribution in [0.25, 0.3) is 0 Å². The van der Waals surface area contributed by atoms with Gasteiger partial charge in [0.25, 0.3) is 0 Å². The van der Waals surface area contributed by atoms with Crippen LogP contribution in [0.4, 0.5) is 0 Å². The molecule has 0 aliphatic carbocycles. The summed E-state index contributed by atoms with van der Waals surface area (Å²) in [6.07, 6.45) is 4.40. The molecule has 1 aliphatic rings. The number of rotatable bonds is 6. The number of likely N-dealkylation sites (N-methyl/N-ethyl adjacent to an activating group) is 1. The molecule has 1 rings (SSSR count). The minimum Gasteiger partial charge on any atom is -0.341 e. The number of carbonyl (C=O) groups is 1. The van der Waals surface area contributed by atoms with Crippen LogP contribution in [0, 0.1) is 0 Å². The van der Waals surface area contributed by atoms with E-state index in [2.05, 4.69) is 24.3 Å². The summed E-state index contributed by atoms with van der Waals surface area (Å²) in [5, 5.41) is 3.09. The maximum Gasteiger partial charge on any atom is 0.239 e. The first kappa shape index (κ1) is 13.5. The molecule has 1 atom stereocenters. The summed E-state index contributed by atoms with van der Waals surface area (Å²) in [5.74, 6) is 0.290. The van der Waals surface area contributed by atoms with Crippen molar-refractivity contribution in [2.45, 2.75) is 31.7 Å². The highest BCUT2D eigenvalue weighted by molar-refractivity contribution is 5.82. The molecule has 0 spiro atoms. The van der Waals surface area contributed by atoms with Gasteiger partial charge in [-0.3, -0.25) is 4.79 Å². The Morgan fingerprint density at radius 2 is 2.19 bits per heavy atom. The molecule has 0 aromatic carbocycles. The third-order valence-corrected chi connectivity index (χ3v) is 3.16. The average molecular weight is 227 g/mol. The molecule has 16 heavy (non-hydrogen) atoms. The zero-order chi connectivity index (χ0) is 12.0. The zero-order valence-corrected chi connectivity index (χ0v) is 10.8. The maximum atomic E-state index is 11.9. The minimum atomic E-state index is 0.0580. The van der Waals surface area contributed by atoms with E-state index < -0.39 is 0 Å². The molecule has 4 nitrogen and oxygen atoms in total. The number of nitrogens with one attached hydrogen (secondary N) is 1. The Bertz CT molecular complexity index is 218. The zero-order valence-electron chi connectivity index (χ0n) is 10.8. The molecule has 1 aliphatic heterocycles. The first-order valence-electron chi connectivity index (χ1n) is 6.26. The molecule has 1 amide bonds. The fourth-order valence-corrected chi connectivity index (χ4v) is 2.16. The fraction of sp³-hybridized carbons (Fsp3) is 0.917. The van der Waals surface area contributed by atoms with Crippen molar-refractivity contribution in [3.8, 4) is 0 Å². The van der Waals surface area contributed by atoms with E-state index in [0.29, 0.717) is 5.91 Å². The lowest BCUT2D eigenvalue weighted by molar-refractivity contribution is -0.135. The summed E-state index contributed by atoms with van der Waals surface area (Å²) in [5.41, 5.74) is 0. The van der Waals surface area contributed by atoms with Gasteiger partial charge in [-0.05, 0) is 53.4 Å². The van der Waals surface area contributed by atoms with Crippen LogP contribution in [-0.2, 0) is 4.79 Å². The summed E-state index contributed by atoms with van der Waals surface area (Å²) < 4.78 is 0. The van der Waals surface area contributed by atoms with Crippen LogP contribution in [0.3, 0.4) is 0 Å². The highest BCUT2D eigenvalue weighted by Crippen LogP contribution is 2.12. The van der Waals surface area contributed by atoms with Crippen molar-refractivity contribution in [3.63, 3.8) is 0 Å². The van der Waals surface area contributed by atoms with Gasteiger partial charge in [0.1, 0.15) is 0 Å². The molecule has 1 heterocycles. The molecule has 0 aromatic heterocycles. The van der Waals surface area contributed by atoms with E-state index in [1.165, 1.54) is 6.42 Å². The van der Waals surface area contributed by atoms with Crippen molar-refractivity contribution in [1.29, 1.82) is 0 Å². The Labute approximate surface area is 99.0 Å². The van der Waals surface area contributed by atoms with Crippen LogP contribution in [0.15, 0.2) is 0 Å². The summed E-state index contributed by atoms with van der Waals surface area (Å²) in [4.78, 5) is 16.1. The number of piperidine rings is 1. The molecule has 4 heteroatoms. The Morgan fingerprint density at radius 3 is 2.81 bits per heavy atom. The van der Waals surface area contributed by atoms with Crippen molar-refractivity contribution < 1.29 is 4.79 Å². The predicted octanol–water partition coefficient (Wildman–Crippen LogP) is 0.539. The van der Waals surface area contributed by atoms with Gasteiger partial charge in [-0.15, -0.1) is 0 Å². The Hall–Kier alpha value is -0.610. The van der Waals surface area contributed by atoms with Crippen LogP contribution in [0.5, 0.6) is 0 Å². The molecule has 0 saturated carbocycles. The van der Waals surface area contributed by atoms with Crippen molar-refractivity contribution in [3.05, 3.63) is 0 Å². The topological polar surface area (TPSA) is 35.6 Å². The van der Waals surface area contributed by atoms with Crippen molar-refractivity contribution in [2.75, 3.05) is 40.8 Å². The van der Waals surface area contributed by atoms with E-state index in [4.69, 9.17) is 0 Å². The standard InChI is InChI=1S/C12H25N3O/c1-13-11-7-6-10-15(12(11)16)9-5-4-8-14(2)3/h11,13H,4-10H2,1-3H3. The quantitative estimate of drug-likeness (QED) is 0.673. The lowest BCUT2D eigenvalue weighted by Gasteiger charge is -2.32. The van der Waals surface area contributed by atoms with Gasteiger partial charge in [0.2, 0.25) is 5.91 Å². The smallest absolute Gasteiger partial charge is 0.239 e. The maximum absolute atomic E-state index is 11.9. The molecule has 1 fully saturated rings. The first-order valence-corrected chi connectivity index (χ1v) is 6.26. The first-order chi connectivity index (χ1) is 7.65. The number of hydrogen-bond donors (Lipinski definition) is 1. The van der Waals surface area contributed by atoms with E-state index in [9.17, 15) is 4.79 Å². The summed E-state index contributed by atoms with van der Waals surface area (Å²) in [6.45, 7) is 2.97. The van der Waals surface area contributed by atoms with Gasteiger partial charge in [-0.25, -0.2) is 0 Å². The summed E-state index contributed by atoms with van der Waals surface area (Å²) in [6, 6.07) is 0.0580. The number of carbonyl (C=O) groups excluding carboxylic acids is 1. The molecule has 0 bridgehead atoms. The van der Waals surface area contributed by atoms with Crippen LogP contribution in [0.1, 0.15) is 25.7 Å². The second-order valence-corrected chi connectivity index (χ2v) is 4.82. The second-order valence-electron chi connectivity index (χ2n) is 4.82. The van der Waals surface area contributed by atoms with Crippen LogP contribution in [0.2, 0.25) is 0 Å². The Kier molecular flexibility index (Phi) is 5.77. The number of amides is 1. The lowest BCUT2D eigenvalue weighted by Crippen LogP contribution is -2.49. The molecule has 0 aromatic rings. The van der Waals surface area contributed by atoms with Crippen LogP contribution in [-0.4, -0.2) is 62.5 Å². The number of likely N-dealkylation sites (tertiary alicyclic amines) is 1. The van der Waals surface area contributed by atoms with Gasteiger partial charge in [-0.2, -0.15) is 0 Å². The molecular weight excluding hydrogens is 202 g/mol. The molecular formula is C12H25N3O. The van der Waals surface area contributed by atoms with Crippen LogP contribution >= 0.6 is 0 Å². The average Bonchev–Trinajstić information content (AvgIpc) is 2.26. The van der Waals surface area contributed by atoms with Crippen LogP contribution < -0.4 is 5.32 Å². The van der Waals surface area contributed by atoms with E-state index in [-0.39, 0.29) is 6.04 Å². The fourth-order valence-electron chi connectivity index (χ4n) is 2.16. The monoisotopic (exact) mass is 227 g/mol. The van der Waals surface area contributed by atoms with E-state index >= 15 is 0 Å². The van der Waals surface area contributed by atoms with Gasteiger partial charge in [0.15, 0.2) is 0 Å². The van der Waals surface area contributed by atoms with Gasteiger partial charge >= 0.3 is 0 Å². The minimum absolute atomic E-state index is 0.0580. The Morgan fingerprint density at radius 1 is 1.44 bits per heavy atom. The van der Waals surface area contributed by atoms with Gasteiger partial charge < -0.3 is 15.1 Å². The second kappa shape index (κ2) is 6.86. The van der Waals surface area contributed by atoms with E-state index in [1.807, 2.05) is 11.9 Å². The third kappa shape index (κ3) is 4.10. The van der Waals surface area contributed by atoms with Crippen molar-refractivity contribution in [1.82, 2.24) is 15.1 Å². The van der Waals surface area contributed by atoms with Crippen molar-refractivity contribution >= 4 is 5.91 Å². The van der Waals surface area contributed by atoms with Gasteiger partial charge in [0.05, 0.1) is 6.04 Å². The highest BCUT2D eigenvalue weighted by atomic mass is 16.2. The van der Waals surface area contributed by atoms with Crippen molar-refractivity contribution in [2.24, 2.45) is 0 Å². The van der Waals surface area contributed by atoms with E-state index in [0.717, 1.165) is 38.9 Å². The molecule has 94 valence electrons. The molecule has 0 radical (unpaired) electrons. The molecule has 1 unspecified atom stereocenters. The number of nitrogens with zero attached hydrogens (tertiary/aromatic N) is 2. The SMILES string of the molecule is CNC1CCCN(CCCCN(C)C)C1=O. The Balaban J connectivity index is 2.22. The normalized spacial score (nSPS) is 21.9.